The van der Waals surface area contributed by atoms with Crippen LogP contribution in [0.25, 0.3) is 0 Å². The van der Waals surface area contributed by atoms with Crippen LogP contribution in [0.1, 0.15) is 53.2 Å². The average molecular weight is 584 g/mol. The van der Waals surface area contributed by atoms with E-state index in [-0.39, 0.29) is 18.8 Å². The molecule has 1 aromatic heterocycles. The Hall–Kier alpha value is -4.05. The van der Waals surface area contributed by atoms with E-state index in [1.807, 2.05) is 0 Å². The summed E-state index contributed by atoms with van der Waals surface area (Å²) in [6, 6.07) is -6.62. The maximum Gasteiger partial charge on any atom is 0.326 e. The van der Waals surface area contributed by atoms with E-state index < -0.39 is 84.2 Å². The minimum absolute atomic E-state index is 0.132. The summed E-state index contributed by atoms with van der Waals surface area (Å²) >= 11 is 0. The number of amides is 4. The summed E-state index contributed by atoms with van der Waals surface area (Å²) in [4.78, 5) is 81.1. The van der Waals surface area contributed by atoms with E-state index in [0.29, 0.717) is 5.69 Å². The number of carboxylic acid groups (broad SMARTS) is 2. The van der Waals surface area contributed by atoms with E-state index >= 15 is 0 Å². The zero-order chi connectivity index (χ0) is 31.4. The smallest absolute Gasteiger partial charge is 0.326 e. The maximum absolute atomic E-state index is 13.2. The molecular formula is C25H41N7O9. The first kappa shape index (κ1) is 35.0. The van der Waals surface area contributed by atoms with Gasteiger partial charge in [-0.2, -0.15) is 0 Å². The number of carbonyl (C=O) groups excluding carboxylic acids is 4. The van der Waals surface area contributed by atoms with E-state index in [1.54, 1.807) is 27.7 Å². The number of carbonyl (C=O) groups is 6. The summed E-state index contributed by atoms with van der Waals surface area (Å²) in [6.45, 7) is 7.75. The fourth-order valence-corrected chi connectivity index (χ4v) is 3.62. The van der Waals surface area contributed by atoms with E-state index in [2.05, 4.69) is 31.2 Å². The number of hydrogen-bond donors (Lipinski definition) is 9. The summed E-state index contributed by atoms with van der Waals surface area (Å²) in [5.41, 5.74) is 6.25. The molecule has 0 aliphatic rings. The van der Waals surface area contributed by atoms with Crippen molar-refractivity contribution in [2.24, 2.45) is 17.6 Å². The zero-order valence-electron chi connectivity index (χ0n) is 23.7. The molecule has 6 atom stereocenters. The number of aromatic nitrogens is 2. The molecule has 230 valence electrons. The lowest BCUT2D eigenvalue weighted by Gasteiger charge is -2.28. The Labute approximate surface area is 237 Å². The standard InChI is InChI=1S/C25H41N7O9/c1-11(2)18(26)23(38)29-15(6-7-17(34)35)21(36)32-20(13(5)33)24(39)30-16(8-14-9-27-10-28-14)22(37)31-19(12(3)4)25(40)41/h9-13,15-16,18-20,33H,6-8,26H2,1-5H3,(H,27,28)(H,29,38)(H,30,39)(H,31,37)(H,32,36)(H,34,35)(H,40,41)/t13-,15+,16+,18+,19+,20+/m1/s1. The lowest BCUT2D eigenvalue weighted by molar-refractivity contribution is -0.143. The number of aliphatic hydroxyl groups excluding tert-OH is 1. The number of carboxylic acids is 2. The molecule has 0 aromatic carbocycles. The van der Waals surface area contributed by atoms with Crippen LogP contribution >= 0.6 is 0 Å². The molecule has 16 nitrogen and oxygen atoms in total. The monoisotopic (exact) mass is 583 g/mol. The van der Waals surface area contributed by atoms with Gasteiger partial charge in [0.15, 0.2) is 0 Å². The highest BCUT2D eigenvalue weighted by atomic mass is 16.4. The highest BCUT2D eigenvalue weighted by Gasteiger charge is 2.34. The van der Waals surface area contributed by atoms with Crippen LogP contribution in [-0.4, -0.2) is 97.2 Å². The third-order valence-electron chi connectivity index (χ3n) is 6.21. The Morgan fingerprint density at radius 1 is 0.829 bits per heavy atom. The van der Waals surface area contributed by atoms with Crippen LogP contribution in [0, 0.1) is 11.8 Å². The van der Waals surface area contributed by atoms with Crippen LogP contribution in [-0.2, 0) is 35.2 Å². The van der Waals surface area contributed by atoms with Crippen molar-refractivity contribution in [2.45, 2.75) is 90.2 Å². The highest BCUT2D eigenvalue weighted by Crippen LogP contribution is 2.08. The van der Waals surface area contributed by atoms with Crippen LogP contribution in [0.4, 0.5) is 0 Å². The van der Waals surface area contributed by atoms with Crippen LogP contribution < -0.4 is 27.0 Å². The Kier molecular flexibility index (Phi) is 13.9. The van der Waals surface area contributed by atoms with Crippen molar-refractivity contribution in [3.8, 4) is 0 Å². The fraction of sp³-hybridized carbons (Fsp3) is 0.640. The molecule has 10 N–H and O–H groups in total. The van der Waals surface area contributed by atoms with Gasteiger partial charge in [0.25, 0.3) is 0 Å². The SMILES string of the molecule is CC(C)[C@H](N)C(=O)N[C@@H](CCC(=O)O)C(=O)N[C@H](C(=O)N[C@@H](Cc1cnc[nH]1)C(=O)N[C@H](C(=O)O)C(C)C)[C@@H](C)O. The topological polar surface area (TPSA) is 266 Å². The second kappa shape index (κ2) is 16.3. The average Bonchev–Trinajstić information content (AvgIpc) is 3.39. The van der Waals surface area contributed by atoms with Crippen molar-refractivity contribution in [1.82, 2.24) is 31.2 Å². The molecule has 4 amide bonds. The van der Waals surface area contributed by atoms with Gasteiger partial charge in [-0.25, -0.2) is 9.78 Å². The van der Waals surface area contributed by atoms with Gasteiger partial charge in [-0.15, -0.1) is 0 Å². The van der Waals surface area contributed by atoms with E-state index in [4.69, 9.17) is 10.8 Å². The van der Waals surface area contributed by atoms with Gasteiger partial charge in [-0.3, -0.25) is 24.0 Å². The van der Waals surface area contributed by atoms with Crippen molar-refractivity contribution >= 4 is 35.6 Å². The molecule has 0 aliphatic heterocycles. The third kappa shape index (κ3) is 11.5. The molecule has 0 saturated heterocycles. The number of hydrogen-bond acceptors (Lipinski definition) is 9. The van der Waals surface area contributed by atoms with E-state index in [0.717, 1.165) is 0 Å². The number of nitrogens with one attached hydrogen (secondary N) is 5. The molecule has 1 rings (SSSR count). The van der Waals surface area contributed by atoms with Gasteiger partial charge in [0.2, 0.25) is 23.6 Å². The molecule has 0 aliphatic carbocycles. The molecular weight excluding hydrogens is 542 g/mol. The largest absolute Gasteiger partial charge is 0.481 e. The fourth-order valence-electron chi connectivity index (χ4n) is 3.62. The number of nitrogens with two attached hydrogens (primary N) is 1. The van der Waals surface area contributed by atoms with Gasteiger partial charge in [0, 0.05) is 24.7 Å². The first-order valence-electron chi connectivity index (χ1n) is 13.1. The molecule has 0 radical (unpaired) electrons. The minimum atomic E-state index is -1.64. The van der Waals surface area contributed by atoms with Crippen molar-refractivity contribution in [1.29, 1.82) is 0 Å². The summed E-state index contributed by atoms with van der Waals surface area (Å²) in [5, 5.41) is 38.3. The predicted octanol–water partition coefficient (Wildman–Crippen LogP) is -2.14. The molecule has 0 fully saturated rings. The molecule has 0 unspecified atom stereocenters. The van der Waals surface area contributed by atoms with Crippen molar-refractivity contribution in [2.75, 3.05) is 0 Å². The predicted molar refractivity (Wildman–Crippen MR) is 144 cm³/mol. The first-order chi connectivity index (χ1) is 19.0. The summed E-state index contributed by atoms with van der Waals surface area (Å²) in [6.07, 6.45) is 0.291. The maximum atomic E-state index is 13.2. The van der Waals surface area contributed by atoms with Crippen LogP contribution in [0.5, 0.6) is 0 Å². The number of nitrogens with zero attached hydrogens (tertiary/aromatic N) is 1. The summed E-state index contributed by atoms with van der Waals surface area (Å²) in [5.74, 6) is -6.78. The zero-order valence-corrected chi connectivity index (χ0v) is 23.7. The molecule has 1 heterocycles. The van der Waals surface area contributed by atoms with E-state index in [1.165, 1.54) is 19.4 Å². The van der Waals surface area contributed by atoms with E-state index in [9.17, 15) is 39.0 Å². The van der Waals surface area contributed by atoms with Crippen molar-refractivity contribution in [3.05, 3.63) is 18.2 Å². The first-order valence-corrected chi connectivity index (χ1v) is 13.1. The van der Waals surface area contributed by atoms with Crippen LogP contribution in [0.15, 0.2) is 12.5 Å². The lowest BCUT2D eigenvalue weighted by Crippen LogP contribution is -2.61. The van der Waals surface area contributed by atoms with Gasteiger partial charge >= 0.3 is 11.9 Å². The number of aromatic amines is 1. The van der Waals surface area contributed by atoms with Crippen LogP contribution in [0.3, 0.4) is 0 Å². The number of H-pyrrole nitrogens is 1. The molecule has 1 aromatic rings. The second-order valence-corrected chi connectivity index (χ2v) is 10.4. The second-order valence-electron chi connectivity index (χ2n) is 10.4. The molecule has 0 saturated carbocycles. The van der Waals surface area contributed by atoms with Gasteiger partial charge in [0.1, 0.15) is 24.2 Å². The molecule has 0 spiro atoms. The van der Waals surface area contributed by atoms with Gasteiger partial charge in [-0.1, -0.05) is 27.7 Å². The van der Waals surface area contributed by atoms with Crippen LogP contribution in [0.2, 0.25) is 0 Å². The molecule has 41 heavy (non-hydrogen) atoms. The third-order valence-corrected chi connectivity index (χ3v) is 6.21. The summed E-state index contributed by atoms with van der Waals surface area (Å²) in [7, 11) is 0. The number of aliphatic hydroxyl groups is 1. The Bertz CT molecular complexity index is 1060. The van der Waals surface area contributed by atoms with Crippen molar-refractivity contribution < 1.29 is 44.1 Å². The Morgan fingerprint density at radius 2 is 1.39 bits per heavy atom. The summed E-state index contributed by atoms with van der Waals surface area (Å²) < 4.78 is 0. The Morgan fingerprint density at radius 3 is 1.85 bits per heavy atom. The normalized spacial score (nSPS) is 15.6. The number of rotatable bonds is 17. The Balaban J connectivity index is 3.17. The number of imidazole rings is 1. The minimum Gasteiger partial charge on any atom is -0.481 e. The van der Waals surface area contributed by atoms with Gasteiger partial charge in [0.05, 0.1) is 18.5 Å². The van der Waals surface area contributed by atoms with Crippen molar-refractivity contribution in [3.63, 3.8) is 0 Å². The lowest BCUT2D eigenvalue weighted by atomic mass is 10.0. The molecule has 0 bridgehead atoms. The van der Waals surface area contributed by atoms with Gasteiger partial charge < -0.3 is 47.3 Å². The highest BCUT2D eigenvalue weighted by molar-refractivity contribution is 5.96. The van der Waals surface area contributed by atoms with Gasteiger partial charge in [-0.05, 0) is 25.2 Å². The number of aliphatic carboxylic acids is 2. The molecule has 16 heteroatoms. The quantitative estimate of drug-likeness (QED) is 0.0955.